The van der Waals surface area contributed by atoms with Gasteiger partial charge in [0.25, 0.3) is 0 Å². The minimum Gasteiger partial charge on any atom is -0.466 e. The molecule has 2 fully saturated rings. The topological polar surface area (TPSA) is 95.6 Å². The summed E-state index contributed by atoms with van der Waals surface area (Å²) in [4.78, 5) is 35.6. The van der Waals surface area contributed by atoms with Crippen LogP contribution in [-0.4, -0.2) is 102 Å². The minimum atomic E-state index is -4.90. The van der Waals surface area contributed by atoms with E-state index >= 15 is 0 Å². The van der Waals surface area contributed by atoms with E-state index in [9.17, 15) is 35.9 Å². The second-order valence-electron chi connectivity index (χ2n) is 12.4. The van der Waals surface area contributed by atoms with E-state index in [4.69, 9.17) is 4.74 Å². The van der Waals surface area contributed by atoms with Crippen LogP contribution in [0.4, 0.5) is 26.3 Å². The number of hydrogen-bond donors (Lipinski definition) is 0. The summed E-state index contributed by atoms with van der Waals surface area (Å²) in [5.74, 6) is -0.284. The number of ether oxygens (including phenoxy) is 1. The lowest BCUT2D eigenvalue weighted by Gasteiger charge is -2.28. The van der Waals surface area contributed by atoms with Gasteiger partial charge in [0.2, 0.25) is 6.41 Å². The van der Waals surface area contributed by atoms with Gasteiger partial charge in [-0.15, -0.1) is 0 Å². The number of alkyl halides is 6. The van der Waals surface area contributed by atoms with Crippen molar-refractivity contribution in [2.75, 3.05) is 40.0 Å². The summed E-state index contributed by atoms with van der Waals surface area (Å²) in [6.45, 7) is 9.56. The number of esters is 1. The molecule has 2 aliphatic rings. The third-order valence-corrected chi connectivity index (χ3v) is 8.67. The zero-order chi connectivity index (χ0) is 37.1. The molecule has 0 spiro atoms. The number of likely N-dealkylation sites (N-methyl/N-ethyl adjacent to an activating group) is 1. The van der Waals surface area contributed by atoms with Gasteiger partial charge in [0, 0.05) is 75.1 Å². The number of carbonyl (C=O) groups excluding carboxylic acids is 2. The molecule has 50 heavy (non-hydrogen) atoms. The number of hydrogen-bond acceptors (Lipinski definition) is 8. The van der Waals surface area contributed by atoms with E-state index in [2.05, 4.69) is 26.7 Å². The number of allylic oxidation sites excluding steroid dienone is 1. The maximum atomic E-state index is 13.4. The highest BCUT2D eigenvalue weighted by Crippen LogP contribution is 2.37. The summed E-state index contributed by atoms with van der Waals surface area (Å²) in [5.41, 5.74) is -1.36. The normalized spacial score (nSPS) is 20.6. The van der Waals surface area contributed by atoms with Gasteiger partial charge in [0.05, 0.1) is 36.5 Å². The number of aryl methyl sites for hydroxylation is 1. The molecule has 3 heterocycles. The fourth-order valence-corrected chi connectivity index (χ4v) is 6.08. The molecule has 2 aromatic rings. The Morgan fingerprint density at radius 3 is 2.30 bits per heavy atom. The first-order chi connectivity index (χ1) is 23.6. The van der Waals surface area contributed by atoms with Crippen LogP contribution in [0.3, 0.4) is 0 Å². The highest BCUT2D eigenvalue weighted by atomic mass is 19.4. The van der Waals surface area contributed by atoms with Crippen molar-refractivity contribution in [3.63, 3.8) is 0 Å². The van der Waals surface area contributed by atoms with E-state index in [0.717, 1.165) is 56.3 Å². The van der Waals surface area contributed by atoms with Gasteiger partial charge in [0.1, 0.15) is 0 Å². The van der Waals surface area contributed by atoms with Crippen molar-refractivity contribution in [1.29, 1.82) is 0 Å². The molecule has 0 saturated carbocycles. The number of nitrogens with zero attached hydrogens (tertiary/aromatic N) is 7. The van der Waals surface area contributed by atoms with Crippen LogP contribution in [0, 0.1) is 5.92 Å². The van der Waals surface area contributed by atoms with Gasteiger partial charge < -0.3 is 14.5 Å². The van der Waals surface area contributed by atoms with Gasteiger partial charge in [-0.3, -0.25) is 29.2 Å². The Balaban J connectivity index is 0.000000436. The molecule has 16 heteroatoms. The van der Waals surface area contributed by atoms with E-state index in [1.165, 1.54) is 6.20 Å². The number of piperidine rings is 1. The van der Waals surface area contributed by atoms with Crippen LogP contribution in [0.2, 0.25) is 0 Å². The van der Waals surface area contributed by atoms with Crippen molar-refractivity contribution in [2.45, 2.75) is 70.5 Å². The Morgan fingerprint density at radius 2 is 1.78 bits per heavy atom. The molecule has 0 bridgehead atoms. The van der Waals surface area contributed by atoms with Gasteiger partial charge in [-0.2, -0.15) is 31.4 Å². The first-order valence-electron chi connectivity index (χ1n) is 16.3. The van der Waals surface area contributed by atoms with E-state index in [-0.39, 0.29) is 48.8 Å². The van der Waals surface area contributed by atoms with Crippen molar-refractivity contribution in [1.82, 2.24) is 24.5 Å². The zero-order valence-electron chi connectivity index (χ0n) is 28.8. The van der Waals surface area contributed by atoms with E-state index in [1.807, 2.05) is 18.9 Å². The van der Waals surface area contributed by atoms with Crippen LogP contribution in [0.1, 0.15) is 61.8 Å². The van der Waals surface area contributed by atoms with E-state index < -0.39 is 23.5 Å². The fourth-order valence-electron chi connectivity index (χ4n) is 6.08. The van der Waals surface area contributed by atoms with Crippen LogP contribution >= 0.6 is 0 Å². The van der Waals surface area contributed by atoms with Crippen molar-refractivity contribution in [2.24, 2.45) is 23.0 Å². The molecule has 2 unspecified atom stereocenters. The molecule has 2 saturated heterocycles. The SMILES string of the molecule is C=N/C=C(\C=N/CN(Cc1cc(C(F)(F)F)cc(C(F)(F)F)c1)C1C[C@@H](CC)N(C)C1)c1cnn(C)c1.CCOC(=O)C1CCCN(C=O)C1. The lowest BCUT2D eigenvalue weighted by molar-refractivity contribution is -0.150. The minimum absolute atomic E-state index is 0.0707. The maximum absolute atomic E-state index is 13.4. The summed E-state index contributed by atoms with van der Waals surface area (Å²) < 4.78 is 87.0. The van der Waals surface area contributed by atoms with Crippen molar-refractivity contribution in [3.05, 3.63) is 59.0 Å². The number of halogens is 6. The Kier molecular flexibility index (Phi) is 14.7. The molecule has 0 N–H and O–H groups in total. The number of benzene rings is 1. The molecule has 3 atom stereocenters. The average molecular weight is 714 g/mol. The second kappa shape index (κ2) is 18.3. The number of likely N-dealkylation sites (tertiary alicyclic amines) is 2. The fraction of sp³-hybridized carbons (Fsp3) is 0.559. The summed E-state index contributed by atoms with van der Waals surface area (Å²) in [6, 6.07) is 1.88. The molecule has 0 aliphatic carbocycles. The van der Waals surface area contributed by atoms with Crippen molar-refractivity contribution >= 4 is 30.9 Å². The molecule has 1 amide bonds. The summed E-state index contributed by atoms with van der Waals surface area (Å²) in [6.07, 6.45) is 0.780. The highest BCUT2D eigenvalue weighted by molar-refractivity contribution is 6.09. The van der Waals surface area contributed by atoms with Crippen molar-refractivity contribution < 1.29 is 40.7 Å². The van der Waals surface area contributed by atoms with Crippen LogP contribution in [-0.2, 0) is 40.3 Å². The van der Waals surface area contributed by atoms with Gasteiger partial charge in [-0.05, 0) is 70.1 Å². The zero-order valence-corrected chi connectivity index (χ0v) is 28.8. The number of carbonyl (C=O) groups is 2. The molecule has 4 rings (SSSR count). The lowest BCUT2D eigenvalue weighted by Crippen LogP contribution is -2.38. The van der Waals surface area contributed by atoms with Crippen LogP contribution < -0.4 is 0 Å². The predicted octanol–water partition coefficient (Wildman–Crippen LogP) is 5.93. The summed E-state index contributed by atoms with van der Waals surface area (Å²) in [7, 11) is 3.72. The highest BCUT2D eigenvalue weighted by Gasteiger charge is 2.38. The number of rotatable bonds is 12. The van der Waals surface area contributed by atoms with Gasteiger partial charge >= 0.3 is 18.3 Å². The predicted molar refractivity (Wildman–Crippen MR) is 178 cm³/mol. The summed E-state index contributed by atoms with van der Waals surface area (Å²) >= 11 is 0. The van der Waals surface area contributed by atoms with Crippen LogP contribution in [0.25, 0.3) is 5.57 Å². The van der Waals surface area contributed by atoms with Gasteiger partial charge in [-0.25, -0.2) is 0 Å². The Labute approximate surface area is 288 Å². The quantitative estimate of drug-likeness (QED) is 0.117. The average Bonchev–Trinajstić information content (AvgIpc) is 3.68. The number of aliphatic imine (C=N–C) groups is 2. The molecule has 0 radical (unpaired) electrons. The molecule has 10 nitrogen and oxygen atoms in total. The second-order valence-corrected chi connectivity index (χ2v) is 12.4. The first kappa shape index (κ1) is 40.4. The lowest BCUT2D eigenvalue weighted by atomic mass is 9.99. The molecule has 1 aromatic carbocycles. The largest absolute Gasteiger partial charge is 0.466 e. The van der Waals surface area contributed by atoms with E-state index in [0.29, 0.717) is 25.3 Å². The molecular weight excluding hydrogens is 668 g/mol. The van der Waals surface area contributed by atoms with Gasteiger partial charge in [0.15, 0.2) is 0 Å². The molecule has 276 valence electrons. The van der Waals surface area contributed by atoms with Crippen molar-refractivity contribution in [3.8, 4) is 0 Å². The Bertz CT molecular complexity index is 1460. The van der Waals surface area contributed by atoms with Crippen LogP contribution in [0.15, 0.2) is 46.8 Å². The third kappa shape index (κ3) is 11.8. The molecular formula is C34H45F6N7O3. The first-order valence-corrected chi connectivity index (χ1v) is 16.3. The monoisotopic (exact) mass is 713 g/mol. The maximum Gasteiger partial charge on any atom is 0.416 e. The summed E-state index contributed by atoms with van der Waals surface area (Å²) in [5, 5.41) is 4.12. The number of aromatic nitrogens is 2. The molecule has 1 aromatic heterocycles. The van der Waals surface area contributed by atoms with Gasteiger partial charge in [-0.1, -0.05) is 6.92 Å². The van der Waals surface area contributed by atoms with E-state index in [1.54, 1.807) is 42.2 Å². The Hall–Kier alpha value is -4.05. The van der Waals surface area contributed by atoms with Crippen LogP contribution in [0.5, 0.6) is 0 Å². The molecule has 2 aliphatic heterocycles. The smallest absolute Gasteiger partial charge is 0.416 e. The third-order valence-electron chi connectivity index (χ3n) is 8.67. The Morgan fingerprint density at radius 1 is 1.10 bits per heavy atom. The number of amides is 1. The standard InChI is InChI=1S/C25H30F6N6.C9H15NO3/c1-5-22-9-23(15-35(22)3)37(16-33-11-18(10-32-2)19-12-34-36(4)14-19)13-17-6-20(24(26,27)28)8-21(7-17)25(29,30)31;1-2-13-9(12)8-4-3-5-10(6-8)7-11/h6-8,10-12,14,22-23H,2,5,9,13,15-16H2,1,3-4H3;7-8H,2-6H2,1H3/b18-10+,33-11-;/t22-,23?;/m1./s1.